The Morgan fingerprint density at radius 1 is 0.793 bits per heavy atom. The summed E-state index contributed by atoms with van der Waals surface area (Å²) in [5, 5.41) is 10.6. The number of carbonyl (C=O) groups excluding carboxylic acids is 4. The second-order valence-corrected chi connectivity index (χ2v) is 6.56. The number of rotatable bonds is 6. The highest BCUT2D eigenvalue weighted by Gasteiger charge is 2.20. The molecule has 0 saturated carbocycles. The maximum absolute atomic E-state index is 12.1. The van der Waals surface area contributed by atoms with Crippen LogP contribution in [0.25, 0.3) is 0 Å². The van der Waals surface area contributed by atoms with Crippen LogP contribution in [0.1, 0.15) is 20.3 Å². The molecule has 2 rings (SSSR count). The highest BCUT2D eigenvalue weighted by molar-refractivity contribution is 6.40. The summed E-state index contributed by atoms with van der Waals surface area (Å²) in [5.74, 6) is -2.48. The van der Waals surface area contributed by atoms with Gasteiger partial charge in [-0.05, 0) is 55.5 Å². The third-order valence-corrected chi connectivity index (χ3v) is 4.06. The van der Waals surface area contributed by atoms with E-state index in [2.05, 4.69) is 21.3 Å². The Balaban J connectivity index is 1.86. The molecule has 4 amide bonds. The first kappa shape index (κ1) is 21.9. The van der Waals surface area contributed by atoms with E-state index >= 15 is 0 Å². The summed E-state index contributed by atoms with van der Waals surface area (Å²) >= 11 is 5.79. The first-order chi connectivity index (χ1) is 13.8. The molecule has 4 N–H and O–H groups in total. The van der Waals surface area contributed by atoms with Gasteiger partial charge in [0.15, 0.2) is 0 Å². The van der Waals surface area contributed by atoms with Gasteiger partial charge in [-0.15, -0.1) is 0 Å². The lowest BCUT2D eigenvalue weighted by atomic mass is 10.2. The summed E-state index contributed by atoms with van der Waals surface area (Å²) in [7, 11) is 0. The molecule has 0 aliphatic heterocycles. The van der Waals surface area contributed by atoms with E-state index in [1.807, 2.05) is 0 Å². The molecule has 0 bridgehead atoms. The van der Waals surface area contributed by atoms with Crippen LogP contribution in [0.4, 0.5) is 17.1 Å². The van der Waals surface area contributed by atoms with E-state index in [0.29, 0.717) is 28.5 Å². The summed E-state index contributed by atoms with van der Waals surface area (Å²) in [5.41, 5.74) is 1.46. The highest BCUT2D eigenvalue weighted by atomic mass is 35.5. The maximum atomic E-state index is 12.1. The molecule has 0 spiro atoms. The summed E-state index contributed by atoms with van der Waals surface area (Å²) in [6.45, 7) is 3.20. The van der Waals surface area contributed by atoms with Crippen molar-refractivity contribution in [3.05, 3.63) is 53.6 Å². The van der Waals surface area contributed by atoms with Gasteiger partial charge in [-0.25, -0.2) is 0 Å². The molecule has 0 aliphatic carbocycles. The number of hydrogen-bond donors (Lipinski definition) is 4. The Hall–Kier alpha value is -3.39. The minimum absolute atomic E-state index is 0.132. The first-order valence-electron chi connectivity index (χ1n) is 8.86. The quantitative estimate of drug-likeness (QED) is 0.542. The minimum atomic E-state index is -0.952. The Labute approximate surface area is 173 Å². The fourth-order valence-electron chi connectivity index (χ4n) is 2.19. The van der Waals surface area contributed by atoms with Crippen LogP contribution in [0.3, 0.4) is 0 Å². The lowest BCUT2D eigenvalue weighted by Crippen LogP contribution is -2.46. The molecular weight excluding hydrogens is 396 g/mol. The lowest BCUT2D eigenvalue weighted by Gasteiger charge is -2.14. The van der Waals surface area contributed by atoms with Gasteiger partial charge in [-0.1, -0.05) is 18.5 Å². The van der Waals surface area contributed by atoms with Crippen molar-refractivity contribution in [1.82, 2.24) is 5.32 Å². The van der Waals surface area contributed by atoms with Gasteiger partial charge >= 0.3 is 11.8 Å². The van der Waals surface area contributed by atoms with E-state index in [0.717, 1.165) is 0 Å². The molecule has 9 heteroatoms. The highest BCUT2D eigenvalue weighted by Crippen LogP contribution is 2.14. The predicted molar refractivity (Wildman–Crippen MR) is 112 cm³/mol. The van der Waals surface area contributed by atoms with Crippen molar-refractivity contribution >= 4 is 52.3 Å². The van der Waals surface area contributed by atoms with Gasteiger partial charge in [-0.3, -0.25) is 19.2 Å². The zero-order valence-corrected chi connectivity index (χ0v) is 16.7. The standard InChI is InChI=1S/C20H21ClN4O4/c1-3-17(26)23-14-8-10-16(11-9-14)25-20(29)19(28)22-12(2)18(27)24-15-6-4-13(21)5-7-15/h4-12H,3H2,1-2H3,(H,22,28)(H,23,26)(H,24,27)(H,25,29). The van der Waals surface area contributed by atoms with Gasteiger partial charge in [0.05, 0.1) is 0 Å². The van der Waals surface area contributed by atoms with Crippen LogP contribution in [0.5, 0.6) is 0 Å². The van der Waals surface area contributed by atoms with Crippen molar-refractivity contribution in [2.45, 2.75) is 26.3 Å². The number of hydrogen-bond acceptors (Lipinski definition) is 4. The van der Waals surface area contributed by atoms with E-state index in [9.17, 15) is 19.2 Å². The molecule has 0 aliphatic rings. The molecular formula is C20H21ClN4O4. The molecule has 0 radical (unpaired) electrons. The molecule has 152 valence electrons. The third-order valence-electron chi connectivity index (χ3n) is 3.81. The van der Waals surface area contributed by atoms with Crippen LogP contribution in [0, 0.1) is 0 Å². The van der Waals surface area contributed by atoms with Crippen molar-refractivity contribution in [3.63, 3.8) is 0 Å². The molecule has 2 aromatic rings. The largest absolute Gasteiger partial charge is 0.336 e. The Bertz CT molecular complexity index is 898. The van der Waals surface area contributed by atoms with E-state index in [4.69, 9.17) is 11.6 Å². The number of benzene rings is 2. The second kappa shape index (κ2) is 10.2. The van der Waals surface area contributed by atoms with Crippen molar-refractivity contribution < 1.29 is 19.2 Å². The molecule has 0 aromatic heterocycles. The second-order valence-electron chi connectivity index (χ2n) is 6.12. The summed E-state index contributed by atoms with van der Waals surface area (Å²) in [4.78, 5) is 47.6. The molecule has 0 heterocycles. The molecule has 29 heavy (non-hydrogen) atoms. The predicted octanol–water partition coefficient (Wildman–Crippen LogP) is 2.77. The van der Waals surface area contributed by atoms with E-state index in [1.54, 1.807) is 55.5 Å². The average Bonchev–Trinajstić information content (AvgIpc) is 2.70. The number of amides is 4. The van der Waals surface area contributed by atoms with Gasteiger partial charge in [0.1, 0.15) is 6.04 Å². The molecule has 1 atom stereocenters. The normalized spacial score (nSPS) is 11.1. The zero-order valence-electron chi connectivity index (χ0n) is 15.9. The summed E-state index contributed by atoms with van der Waals surface area (Å²) in [6, 6.07) is 11.8. The Morgan fingerprint density at radius 3 is 1.83 bits per heavy atom. The molecule has 0 fully saturated rings. The lowest BCUT2D eigenvalue weighted by molar-refractivity contribution is -0.137. The first-order valence-corrected chi connectivity index (χ1v) is 9.24. The van der Waals surface area contributed by atoms with E-state index < -0.39 is 23.8 Å². The van der Waals surface area contributed by atoms with Gasteiger partial charge in [0.2, 0.25) is 11.8 Å². The number of nitrogens with one attached hydrogen (secondary N) is 4. The van der Waals surface area contributed by atoms with Crippen LogP contribution in [0.2, 0.25) is 5.02 Å². The van der Waals surface area contributed by atoms with Crippen LogP contribution < -0.4 is 21.3 Å². The minimum Gasteiger partial charge on any atom is -0.336 e. The number of carbonyl (C=O) groups is 4. The topological polar surface area (TPSA) is 116 Å². The number of halogens is 1. The van der Waals surface area contributed by atoms with E-state index in [-0.39, 0.29) is 5.91 Å². The Kier molecular flexibility index (Phi) is 7.73. The van der Waals surface area contributed by atoms with Crippen molar-refractivity contribution in [1.29, 1.82) is 0 Å². The molecule has 1 unspecified atom stereocenters. The maximum Gasteiger partial charge on any atom is 0.313 e. The van der Waals surface area contributed by atoms with Gasteiger partial charge in [0.25, 0.3) is 0 Å². The number of anilines is 3. The van der Waals surface area contributed by atoms with Crippen molar-refractivity contribution in [3.8, 4) is 0 Å². The third kappa shape index (κ3) is 6.93. The van der Waals surface area contributed by atoms with Crippen LogP contribution in [-0.2, 0) is 19.2 Å². The van der Waals surface area contributed by atoms with Gasteiger partial charge < -0.3 is 21.3 Å². The van der Waals surface area contributed by atoms with Gasteiger partial charge in [-0.2, -0.15) is 0 Å². The fourth-order valence-corrected chi connectivity index (χ4v) is 2.31. The average molecular weight is 417 g/mol. The van der Waals surface area contributed by atoms with E-state index in [1.165, 1.54) is 6.92 Å². The van der Waals surface area contributed by atoms with Crippen molar-refractivity contribution in [2.75, 3.05) is 16.0 Å². The molecule has 2 aromatic carbocycles. The Morgan fingerprint density at radius 2 is 1.28 bits per heavy atom. The zero-order chi connectivity index (χ0) is 21.4. The van der Waals surface area contributed by atoms with Crippen LogP contribution >= 0.6 is 11.6 Å². The SMILES string of the molecule is CCC(=O)Nc1ccc(NC(=O)C(=O)NC(C)C(=O)Nc2ccc(Cl)cc2)cc1. The smallest absolute Gasteiger partial charge is 0.313 e. The van der Waals surface area contributed by atoms with Crippen molar-refractivity contribution in [2.24, 2.45) is 0 Å². The van der Waals surface area contributed by atoms with Crippen LogP contribution in [0.15, 0.2) is 48.5 Å². The van der Waals surface area contributed by atoms with Crippen LogP contribution in [-0.4, -0.2) is 29.7 Å². The summed E-state index contributed by atoms with van der Waals surface area (Å²) in [6.07, 6.45) is 0.350. The molecule has 8 nitrogen and oxygen atoms in total. The fraction of sp³-hybridized carbons (Fsp3) is 0.200. The molecule has 0 saturated heterocycles. The monoisotopic (exact) mass is 416 g/mol. The van der Waals surface area contributed by atoms with Gasteiger partial charge in [0, 0.05) is 28.5 Å². The summed E-state index contributed by atoms with van der Waals surface area (Å²) < 4.78 is 0.